The summed E-state index contributed by atoms with van der Waals surface area (Å²) in [6.45, 7) is 0.761. The van der Waals surface area contributed by atoms with Crippen LogP contribution < -0.4 is 10.5 Å². The van der Waals surface area contributed by atoms with Crippen molar-refractivity contribution in [3.05, 3.63) is 64.9 Å². The molecule has 0 radical (unpaired) electrons. The first-order valence-electron chi connectivity index (χ1n) is 6.71. The molecule has 2 N–H and O–H groups in total. The Hall–Kier alpha value is -2.44. The van der Waals surface area contributed by atoms with Crippen LogP contribution in [0.3, 0.4) is 0 Å². The Balaban J connectivity index is 1.68. The molecule has 0 saturated carbocycles. The van der Waals surface area contributed by atoms with E-state index in [1.165, 1.54) is 0 Å². The number of nitrogens with two attached hydrogens (primary N) is 1. The second-order valence-corrected chi connectivity index (χ2v) is 5.06. The van der Waals surface area contributed by atoms with E-state index in [1.54, 1.807) is 4.68 Å². The van der Waals surface area contributed by atoms with Crippen molar-refractivity contribution in [3.8, 4) is 11.4 Å². The molecule has 112 valence electrons. The van der Waals surface area contributed by atoms with Gasteiger partial charge in [0.2, 0.25) is 0 Å². The SMILES string of the molecule is NCc1nnnn1-c1ccc(OCc2ccc(Cl)cc2)cc1. The molecule has 0 bridgehead atoms. The van der Waals surface area contributed by atoms with E-state index in [-0.39, 0.29) is 6.54 Å². The van der Waals surface area contributed by atoms with E-state index in [0.29, 0.717) is 17.5 Å². The van der Waals surface area contributed by atoms with Crippen molar-refractivity contribution in [2.75, 3.05) is 0 Å². The van der Waals surface area contributed by atoms with Gasteiger partial charge >= 0.3 is 0 Å². The van der Waals surface area contributed by atoms with E-state index in [9.17, 15) is 0 Å². The Bertz CT molecular complexity index is 739. The first-order valence-corrected chi connectivity index (χ1v) is 7.09. The number of aromatic nitrogens is 4. The maximum absolute atomic E-state index is 5.85. The Labute approximate surface area is 132 Å². The Kier molecular flexibility index (Phi) is 4.32. The number of benzene rings is 2. The second kappa shape index (κ2) is 6.55. The minimum atomic E-state index is 0.280. The second-order valence-electron chi connectivity index (χ2n) is 4.62. The molecule has 0 atom stereocenters. The van der Waals surface area contributed by atoms with Crippen LogP contribution in [-0.4, -0.2) is 20.2 Å². The van der Waals surface area contributed by atoms with Crippen molar-refractivity contribution in [3.63, 3.8) is 0 Å². The van der Waals surface area contributed by atoms with Crippen LogP contribution in [0.1, 0.15) is 11.4 Å². The zero-order valence-corrected chi connectivity index (χ0v) is 12.4. The van der Waals surface area contributed by atoms with Crippen LogP contribution in [0, 0.1) is 0 Å². The van der Waals surface area contributed by atoms with Crippen molar-refractivity contribution in [2.45, 2.75) is 13.2 Å². The maximum atomic E-state index is 5.85. The van der Waals surface area contributed by atoms with Crippen LogP contribution in [0.5, 0.6) is 5.75 Å². The number of ether oxygens (including phenoxy) is 1. The fourth-order valence-corrected chi connectivity index (χ4v) is 2.09. The third-order valence-electron chi connectivity index (χ3n) is 3.12. The summed E-state index contributed by atoms with van der Waals surface area (Å²) in [4.78, 5) is 0. The standard InChI is InChI=1S/C15H14ClN5O/c16-12-3-1-11(2-4-12)10-22-14-7-5-13(6-8-14)21-15(9-17)18-19-20-21/h1-8H,9-10,17H2. The lowest BCUT2D eigenvalue weighted by molar-refractivity contribution is 0.306. The monoisotopic (exact) mass is 315 g/mol. The van der Waals surface area contributed by atoms with Crippen LogP contribution in [0.2, 0.25) is 5.02 Å². The fraction of sp³-hybridized carbons (Fsp3) is 0.133. The number of halogens is 1. The Morgan fingerprint density at radius 2 is 1.77 bits per heavy atom. The van der Waals surface area contributed by atoms with E-state index in [4.69, 9.17) is 22.1 Å². The van der Waals surface area contributed by atoms with Crippen molar-refractivity contribution < 1.29 is 4.74 Å². The minimum Gasteiger partial charge on any atom is -0.489 e. The van der Waals surface area contributed by atoms with Crippen LogP contribution in [0.4, 0.5) is 0 Å². The normalized spacial score (nSPS) is 10.6. The van der Waals surface area contributed by atoms with Gasteiger partial charge in [0.15, 0.2) is 5.82 Å². The van der Waals surface area contributed by atoms with Crippen LogP contribution in [-0.2, 0) is 13.2 Å². The molecule has 3 rings (SSSR count). The summed E-state index contributed by atoms with van der Waals surface area (Å²) in [5.41, 5.74) is 7.48. The first kappa shape index (κ1) is 14.5. The lowest BCUT2D eigenvalue weighted by Crippen LogP contribution is -2.07. The van der Waals surface area contributed by atoms with E-state index in [0.717, 1.165) is 17.0 Å². The highest BCUT2D eigenvalue weighted by molar-refractivity contribution is 6.30. The predicted molar refractivity (Wildman–Crippen MR) is 82.8 cm³/mol. The third kappa shape index (κ3) is 3.24. The van der Waals surface area contributed by atoms with Gasteiger partial charge in [-0.1, -0.05) is 23.7 Å². The number of hydrogen-bond donors (Lipinski definition) is 1. The number of rotatable bonds is 5. The molecule has 22 heavy (non-hydrogen) atoms. The lowest BCUT2D eigenvalue weighted by Gasteiger charge is -2.08. The van der Waals surface area contributed by atoms with Gasteiger partial charge in [-0.25, -0.2) is 0 Å². The van der Waals surface area contributed by atoms with E-state index >= 15 is 0 Å². The zero-order chi connectivity index (χ0) is 15.4. The molecule has 0 aliphatic heterocycles. The number of hydrogen-bond acceptors (Lipinski definition) is 5. The highest BCUT2D eigenvalue weighted by atomic mass is 35.5. The molecule has 0 unspecified atom stereocenters. The number of nitrogens with zero attached hydrogens (tertiary/aromatic N) is 4. The van der Waals surface area contributed by atoms with Crippen molar-refractivity contribution in [1.29, 1.82) is 0 Å². The Morgan fingerprint density at radius 3 is 2.45 bits per heavy atom. The van der Waals surface area contributed by atoms with Gasteiger partial charge in [-0.15, -0.1) is 5.10 Å². The summed E-state index contributed by atoms with van der Waals surface area (Å²) < 4.78 is 7.33. The highest BCUT2D eigenvalue weighted by Gasteiger charge is 2.06. The summed E-state index contributed by atoms with van der Waals surface area (Å²) in [6.07, 6.45) is 0. The van der Waals surface area contributed by atoms with Gasteiger partial charge in [0.1, 0.15) is 12.4 Å². The maximum Gasteiger partial charge on any atom is 0.170 e. The van der Waals surface area contributed by atoms with Crippen molar-refractivity contribution in [1.82, 2.24) is 20.2 Å². The number of tetrazole rings is 1. The molecule has 0 saturated heterocycles. The molecule has 0 aliphatic carbocycles. The summed E-state index contributed by atoms with van der Waals surface area (Å²) >= 11 is 5.85. The molecular formula is C15H14ClN5O. The molecule has 1 heterocycles. The summed E-state index contributed by atoms with van der Waals surface area (Å²) in [6, 6.07) is 15.1. The van der Waals surface area contributed by atoms with Gasteiger partial charge in [0.25, 0.3) is 0 Å². The van der Waals surface area contributed by atoms with Crippen LogP contribution in [0.15, 0.2) is 48.5 Å². The smallest absolute Gasteiger partial charge is 0.170 e. The molecule has 6 nitrogen and oxygen atoms in total. The summed E-state index contributed by atoms with van der Waals surface area (Å²) in [5, 5.41) is 12.1. The van der Waals surface area contributed by atoms with Crippen LogP contribution in [0.25, 0.3) is 5.69 Å². The molecule has 3 aromatic rings. The van der Waals surface area contributed by atoms with Gasteiger partial charge in [0, 0.05) is 5.02 Å². The predicted octanol–water partition coefficient (Wildman–Crippen LogP) is 2.35. The summed E-state index contributed by atoms with van der Waals surface area (Å²) in [7, 11) is 0. The van der Waals surface area contributed by atoms with Gasteiger partial charge in [-0.3, -0.25) is 0 Å². The highest BCUT2D eigenvalue weighted by Crippen LogP contribution is 2.17. The fourth-order valence-electron chi connectivity index (χ4n) is 1.96. The van der Waals surface area contributed by atoms with E-state index in [1.807, 2.05) is 48.5 Å². The first-order chi connectivity index (χ1) is 10.8. The molecule has 0 aliphatic rings. The summed E-state index contributed by atoms with van der Waals surface area (Å²) in [5.74, 6) is 1.37. The molecule has 0 amide bonds. The van der Waals surface area contributed by atoms with Crippen molar-refractivity contribution in [2.24, 2.45) is 5.73 Å². The largest absolute Gasteiger partial charge is 0.489 e. The van der Waals surface area contributed by atoms with Gasteiger partial charge in [-0.2, -0.15) is 4.68 Å². The van der Waals surface area contributed by atoms with E-state index < -0.39 is 0 Å². The molecule has 1 aromatic heterocycles. The minimum absolute atomic E-state index is 0.280. The van der Waals surface area contributed by atoms with Gasteiger partial charge < -0.3 is 10.5 Å². The Morgan fingerprint density at radius 1 is 1.05 bits per heavy atom. The van der Waals surface area contributed by atoms with Gasteiger partial charge in [0.05, 0.1) is 12.2 Å². The average molecular weight is 316 g/mol. The molecule has 7 heteroatoms. The molecular weight excluding hydrogens is 302 g/mol. The zero-order valence-electron chi connectivity index (χ0n) is 11.7. The lowest BCUT2D eigenvalue weighted by atomic mass is 10.2. The van der Waals surface area contributed by atoms with Crippen LogP contribution >= 0.6 is 11.6 Å². The topological polar surface area (TPSA) is 78.9 Å². The van der Waals surface area contributed by atoms with E-state index in [2.05, 4.69) is 15.5 Å². The van der Waals surface area contributed by atoms with Crippen molar-refractivity contribution >= 4 is 11.6 Å². The third-order valence-corrected chi connectivity index (χ3v) is 3.37. The quantitative estimate of drug-likeness (QED) is 0.782. The van der Waals surface area contributed by atoms with Gasteiger partial charge in [-0.05, 0) is 52.4 Å². The molecule has 2 aromatic carbocycles. The molecule has 0 fully saturated rings. The molecule has 0 spiro atoms. The average Bonchev–Trinajstić information content (AvgIpc) is 3.03.